The van der Waals surface area contributed by atoms with E-state index in [0.29, 0.717) is 42.7 Å². The second kappa shape index (κ2) is 11.9. The fraction of sp³-hybridized carbons (Fsp3) is 0.364. The average Bonchev–Trinajstić information content (AvgIpc) is 2.72. The minimum Gasteiger partial charge on any atom is -0.490 e. The third-order valence-electron chi connectivity index (χ3n) is 4.25. The molecule has 2 rings (SSSR count). The third kappa shape index (κ3) is 7.27. The molecule has 0 heterocycles. The Kier molecular flexibility index (Phi) is 9.24. The Morgan fingerprint density at radius 1 is 1.00 bits per heavy atom. The lowest BCUT2D eigenvalue weighted by molar-refractivity contribution is -0.121. The van der Waals surface area contributed by atoms with Crippen LogP contribution in [-0.4, -0.2) is 24.2 Å². The van der Waals surface area contributed by atoms with E-state index in [1.165, 1.54) is 5.56 Å². The normalized spacial score (nSPS) is 10.2. The van der Waals surface area contributed by atoms with Crippen LogP contribution >= 0.6 is 12.2 Å². The van der Waals surface area contributed by atoms with Crippen LogP contribution in [0, 0.1) is 6.92 Å². The van der Waals surface area contributed by atoms with Crippen LogP contribution in [0.1, 0.15) is 37.8 Å². The van der Waals surface area contributed by atoms with E-state index in [4.69, 9.17) is 21.7 Å². The van der Waals surface area contributed by atoms with Gasteiger partial charge in [-0.1, -0.05) is 37.3 Å². The molecule has 0 aliphatic heterocycles. The van der Waals surface area contributed by atoms with Crippen molar-refractivity contribution in [1.29, 1.82) is 0 Å². The highest BCUT2D eigenvalue weighted by Crippen LogP contribution is 2.26. The molecule has 0 saturated heterocycles. The zero-order chi connectivity index (χ0) is 21.1. The lowest BCUT2D eigenvalue weighted by Crippen LogP contribution is -2.44. The lowest BCUT2D eigenvalue weighted by atomic mass is 10.1. The summed E-state index contributed by atoms with van der Waals surface area (Å²) in [4.78, 5) is 12.0. The number of thiocarbonyl (C=S) groups is 1. The number of benzene rings is 2. The molecule has 0 spiro atoms. The van der Waals surface area contributed by atoms with Crippen molar-refractivity contribution in [2.24, 2.45) is 0 Å². The van der Waals surface area contributed by atoms with Crippen LogP contribution in [0.3, 0.4) is 0 Å². The summed E-state index contributed by atoms with van der Waals surface area (Å²) >= 11 is 5.28. The summed E-state index contributed by atoms with van der Waals surface area (Å²) in [6, 6.07) is 13.6. The van der Waals surface area contributed by atoms with E-state index in [1.807, 2.05) is 50.2 Å². The molecule has 0 fully saturated rings. The van der Waals surface area contributed by atoms with Crippen molar-refractivity contribution >= 4 is 28.9 Å². The number of aryl methyl sites for hydroxylation is 2. The number of carbonyl (C=O) groups excluding carboxylic acids is 1. The van der Waals surface area contributed by atoms with Crippen LogP contribution in [0.25, 0.3) is 0 Å². The van der Waals surface area contributed by atoms with E-state index in [-0.39, 0.29) is 5.91 Å². The predicted molar refractivity (Wildman–Crippen MR) is 120 cm³/mol. The largest absolute Gasteiger partial charge is 0.490 e. The second-order valence-electron chi connectivity index (χ2n) is 6.42. The second-order valence-corrected chi connectivity index (χ2v) is 6.83. The zero-order valence-electron chi connectivity index (χ0n) is 17.2. The summed E-state index contributed by atoms with van der Waals surface area (Å²) < 4.78 is 11.2. The van der Waals surface area contributed by atoms with Gasteiger partial charge >= 0.3 is 0 Å². The summed E-state index contributed by atoms with van der Waals surface area (Å²) in [7, 11) is 0. The topological polar surface area (TPSA) is 71.6 Å². The zero-order valence-corrected chi connectivity index (χ0v) is 18.0. The van der Waals surface area contributed by atoms with Gasteiger partial charge in [-0.3, -0.25) is 15.6 Å². The number of hydrazine groups is 1. The molecule has 1 amide bonds. The van der Waals surface area contributed by atoms with Gasteiger partial charge in [0, 0.05) is 12.1 Å². The van der Waals surface area contributed by atoms with E-state index in [9.17, 15) is 4.79 Å². The van der Waals surface area contributed by atoms with Gasteiger partial charge in [0.1, 0.15) is 0 Å². The fourth-order valence-electron chi connectivity index (χ4n) is 2.79. The van der Waals surface area contributed by atoms with Gasteiger partial charge in [0.25, 0.3) is 0 Å². The van der Waals surface area contributed by atoms with E-state index in [0.717, 1.165) is 17.7 Å². The van der Waals surface area contributed by atoms with Crippen molar-refractivity contribution in [3.63, 3.8) is 0 Å². The van der Waals surface area contributed by atoms with Crippen LogP contribution in [0.5, 0.6) is 11.5 Å². The number of hydrogen-bond acceptors (Lipinski definition) is 4. The number of carbonyl (C=O) groups is 1. The minimum absolute atomic E-state index is 0.156. The number of anilines is 1. The molecule has 0 saturated carbocycles. The molecule has 0 aromatic heterocycles. The maximum atomic E-state index is 12.0. The van der Waals surface area contributed by atoms with E-state index in [2.05, 4.69) is 29.2 Å². The summed E-state index contributed by atoms with van der Waals surface area (Å²) in [6.07, 6.45) is 1.79. The summed E-state index contributed by atoms with van der Waals surface area (Å²) in [5.41, 5.74) is 8.62. The van der Waals surface area contributed by atoms with Crippen molar-refractivity contribution in [3.05, 3.63) is 53.6 Å². The molecule has 0 aliphatic carbocycles. The van der Waals surface area contributed by atoms with Gasteiger partial charge in [-0.15, -0.1) is 0 Å². The molecule has 2 aromatic rings. The highest BCUT2D eigenvalue weighted by atomic mass is 32.1. The van der Waals surface area contributed by atoms with Crippen LogP contribution in [0.4, 0.5) is 5.69 Å². The van der Waals surface area contributed by atoms with Crippen LogP contribution in [-0.2, 0) is 11.2 Å². The first-order valence-electron chi connectivity index (χ1n) is 9.84. The molecule has 29 heavy (non-hydrogen) atoms. The lowest BCUT2D eigenvalue weighted by Gasteiger charge is -2.16. The molecule has 0 atom stereocenters. The van der Waals surface area contributed by atoms with Gasteiger partial charge in [-0.05, 0) is 62.2 Å². The Bertz CT molecular complexity index is 827. The van der Waals surface area contributed by atoms with E-state index in [1.54, 1.807) is 0 Å². The van der Waals surface area contributed by atoms with E-state index >= 15 is 0 Å². The molecule has 6 nitrogen and oxygen atoms in total. The van der Waals surface area contributed by atoms with Gasteiger partial charge in [-0.25, -0.2) is 0 Å². The standard InChI is InChI=1S/C22H29N3O3S/c1-4-17-11-8-10-16(3)21(17)23-22(29)25-24-20(26)14-9-15-28-19-13-7-6-12-18(19)27-5-2/h6-8,10-13H,4-5,9,14-15H2,1-3H3,(H,24,26)(H2,23,25,29). The van der Waals surface area contributed by atoms with Gasteiger partial charge in [-0.2, -0.15) is 0 Å². The summed E-state index contributed by atoms with van der Waals surface area (Å²) in [5, 5.41) is 3.51. The Labute approximate surface area is 178 Å². The van der Waals surface area contributed by atoms with Crippen molar-refractivity contribution in [2.45, 2.75) is 40.0 Å². The molecule has 0 bridgehead atoms. The maximum absolute atomic E-state index is 12.0. The molecule has 2 aromatic carbocycles. The van der Waals surface area contributed by atoms with Crippen molar-refractivity contribution in [3.8, 4) is 11.5 Å². The number of rotatable bonds is 9. The summed E-state index contributed by atoms with van der Waals surface area (Å²) in [5.74, 6) is 1.24. The van der Waals surface area contributed by atoms with Crippen molar-refractivity contribution < 1.29 is 14.3 Å². The molecular formula is C22H29N3O3S. The Balaban J connectivity index is 1.70. The molecule has 3 N–H and O–H groups in total. The minimum atomic E-state index is -0.156. The monoisotopic (exact) mass is 415 g/mol. The van der Waals surface area contributed by atoms with Crippen molar-refractivity contribution in [2.75, 3.05) is 18.5 Å². The number of para-hydroxylation sites is 3. The number of hydrogen-bond donors (Lipinski definition) is 3. The average molecular weight is 416 g/mol. The molecule has 156 valence electrons. The van der Waals surface area contributed by atoms with Crippen molar-refractivity contribution in [1.82, 2.24) is 10.9 Å². The third-order valence-corrected chi connectivity index (χ3v) is 4.45. The predicted octanol–water partition coefficient (Wildman–Crippen LogP) is 4.13. The molecule has 0 radical (unpaired) electrons. The molecule has 7 heteroatoms. The molecule has 0 unspecified atom stereocenters. The first kappa shape index (κ1) is 22.5. The molecular weight excluding hydrogens is 386 g/mol. The van der Waals surface area contributed by atoms with E-state index < -0.39 is 0 Å². The van der Waals surface area contributed by atoms with Gasteiger partial charge in [0.15, 0.2) is 16.6 Å². The smallest absolute Gasteiger partial charge is 0.238 e. The fourth-order valence-corrected chi connectivity index (χ4v) is 2.95. The number of amides is 1. The highest BCUT2D eigenvalue weighted by molar-refractivity contribution is 7.80. The highest BCUT2D eigenvalue weighted by Gasteiger charge is 2.08. The Morgan fingerprint density at radius 2 is 1.72 bits per heavy atom. The SMILES string of the molecule is CCOc1ccccc1OCCCC(=O)NNC(=S)Nc1c(C)cccc1CC. The number of nitrogens with one attached hydrogen (secondary N) is 3. The van der Waals surface area contributed by atoms with Crippen LogP contribution in [0.15, 0.2) is 42.5 Å². The quantitative estimate of drug-likeness (QED) is 0.325. The Hall–Kier alpha value is -2.80. The number of ether oxygens (including phenoxy) is 2. The maximum Gasteiger partial charge on any atom is 0.238 e. The summed E-state index contributed by atoms with van der Waals surface area (Å²) in [6.45, 7) is 7.03. The van der Waals surface area contributed by atoms with Crippen LogP contribution < -0.4 is 25.6 Å². The van der Waals surface area contributed by atoms with Gasteiger partial charge in [0.2, 0.25) is 5.91 Å². The Morgan fingerprint density at radius 3 is 2.41 bits per heavy atom. The van der Waals surface area contributed by atoms with Gasteiger partial charge < -0.3 is 14.8 Å². The van der Waals surface area contributed by atoms with Gasteiger partial charge in [0.05, 0.1) is 13.2 Å². The van der Waals surface area contributed by atoms with Crippen LogP contribution in [0.2, 0.25) is 0 Å². The first-order chi connectivity index (χ1) is 14.0. The first-order valence-corrected chi connectivity index (χ1v) is 10.2. The molecule has 0 aliphatic rings.